The molecule has 0 saturated carbocycles. The Bertz CT molecular complexity index is 764. The van der Waals surface area contributed by atoms with Crippen molar-refractivity contribution in [1.82, 2.24) is 14.7 Å². The lowest BCUT2D eigenvalue weighted by Gasteiger charge is -2.35. The van der Waals surface area contributed by atoms with Crippen LogP contribution < -0.4 is 5.56 Å². The predicted octanol–water partition coefficient (Wildman–Crippen LogP) is 0.0447. The summed E-state index contributed by atoms with van der Waals surface area (Å²) in [5.74, 6) is -0.419. The third-order valence-electron chi connectivity index (χ3n) is 4.30. The van der Waals surface area contributed by atoms with Crippen molar-refractivity contribution in [2.45, 2.75) is 38.2 Å². The molecule has 1 saturated heterocycles. The van der Waals surface area contributed by atoms with Gasteiger partial charge in [-0.2, -0.15) is 5.10 Å². The van der Waals surface area contributed by atoms with E-state index in [-0.39, 0.29) is 18.7 Å². The molecule has 0 aromatic carbocycles. The van der Waals surface area contributed by atoms with Crippen molar-refractivity contribution in [2.75, 3.05) is 13.1 Å². The number of aryl methyl sites for hydroxylation is 2. The van der Waals surface area contributed by atoms with E-state index in [2.05, 4.69) is 5.10 Å². The second kappa shape index (κ2) is 5.49. The topological polar surface area (TPSA) is 89.3 Å². The molecule has 1 aliphatic heterocycles. The number of aromatic nitrogens is 2. The number of carbonyl (C=O) groups is 1. The van der Waals surface area contributed by atoms with Crippen molar-refractivity contribution >= 4 is 15.7 Å². The van der Waals surface area contributed by atoms with E-state index in [1.54, 1.807) is 27.7 Å². The lowest BCUT2D eigenvalue weighted by Crippen LogP contribution is -2.53. The van der Waals surface area contributed by atoms with Crippen molar-refractivity contribution < 1.29 is 13.2 Å². The summed E-state index contributed by atoms with van der Waals surface area (Å²) in [7, 11) is -1.72. The van der Waals surface area contributed by atoms with E-state index in [1.165, 1.54) is 11.9 Å². The molecule has 1 amide bonds. The van der Waals surface area contributed by atoms with E-state index < -0.39 is 31.8 Å². The van der Waals surface area contributed by atoms with Crippen molar-refractivity contribution in [3.05, 3.63) is 27.2 Å². The molecule has 2 heterocycles. The summed E-state index contributed by atoms with van der Waals surface area (Å²) in [6.45, 7) is 6.81. The highest BCUT2D eigenvalue weighted by Crippen LogP contribution is 2.20. The van der Waals surface area contributed by atoms with Crippen LogP contribution in [0.4, 0.5) is 0 Å². The molecule has 1 aromatic heterocycles. The first kappa shape index (κ1) is 16.7. The van der Waals surface area contributed by atoms with Gasteiger partial charge in [0.1, 0.15) is 5.56 Å². The molecule has 0 N–H and O–H groups in total. The highest BCUT2D eigenvalue weighted by molar-refractivity contribution is 7.92. The van der Waals surface area contributed by atoms with E-state index >= 15 is 0 Å². The van der Waals surface area contributed by atoms with Crippen molar-refractivity contribution in [3.63, 3.8) is 0 Å². The van der Waals surface area contributed by atoms with Gasteiger partial charge in [-0.3, -0.25) is 9.59 Å². The van der Waals surface area contributed by atoms with Gasteiger partial charge in [-0.1, -0.05) is 0 Å². The highest BCUT2D eigenvalue weighted by Gasteiger charge is 2.38. The van der Waals surface area contributed by atoms with Crippen molar-refractivity contribution in [1.29, 1.82) is 0 Å². The van der Waals surface area contributed by atoms with E-state index in [1.807, 2.05) is 0 Å². The predicted molar refractivity (Wildman–Crippen MR) is 82.7 cm³/mol. The van der Waals surface area contributed by atoms with Crippen LogP contribution in [0.5, 0.6) is 0 Å². The second-order valence-electron chi connectivity index (χ2n) is 5.93. The van der Waals surface area contributed by atoms with E-state index in [9.17, 15) is 18.0 Å². The van der Waals surface area contributed by atoms with Crippen molar-refractivity contribution in [3.8, 4) is 0 Å². The normalized spacial score (nSPS) is 24.3. The third-order valence-corrected chi connectivity index (χ3v) is 6.84. The molecular formula is C14H21N3O4S. The lowest BCUT2D eigenvalue weighted by molar-refractivity contribution is 0.0745. The third kappa shape index (κ3) is 2.55. The van der Waals surface area contributed by atoms with Crippen LogP contribution in [0.3, 0.4) is 0 Å². The molecule has 0 spiro atoms. The zero-order valence-corrected chi connectivity index (χ0v) is 14.3. The summed E-state index contributed by atoms with van der Waals surface area (Å²) in [5.41, 5.74) is 0.772. The van der Waals surface area contributed by atoms with E-state index in [0.29, 0.717) is 11.3 Å². The fourth-order valence-corrected chi connectivity index (χ4v) is 4.29. The Morgan fingerprint density at radius 1 is 1.18 bits per heavy atom. The minimum absolute atomic E-state index is 0.0775. The quantitative estimate of drug-likeness (QED) is 0.727. The van der Waals surface area contributed by atoms with Crippen LogP contribution in [0, 0.1) is 13.8 Å². The molecule has 7 nitrogen and oxygen atoms in total. The Balaban J connectivity index is 2.45. The maximum Gasteiger partial charge on any atom is 0.279 e. The minimum atomic E-state index is -3.21. The molecule has 2 unspecified atom stereocenters. The monoisotopic (exact) mass is 327 g/mol. The van der Waals surface area contributed by atoms with Crippen LogP contribution >= 0.6 is 0 Å². The van der Waals surface area contributed by atoms with Gasteiger partial charge in [-0.15, -0.1) is 0 Å². The maximum absolute atomic E-state index is 12.7. The molecule has 8 heteroatoms. The summed E-state index contributed by atoms with van der Waals surface area (Å²) in [6, 6.07) is 0. The molecule has 0 radical (unpaired) electrons. The first-order valence-corrected chi connectivity index (χ1v) is 8.74. The molecule has 0 aliphatic carbocycles. The molecule has 1 aliphatic rings. The SMILES string of the molecule is Cc1nn(C)c(=O)c(C(=O)N2CC(C)S(=O)(=O)C(C)C2)c1C. The molecule has 2 atom stereocenters. The standard InChI is InChI=1S/C14H21N3O4S/c1-8-6-17(7-9(2)22(8,20)21)14(19)12-10(3)11(4)15-16(5)13(12)18/h8-9H,6-7H2,1-5H3. The number of amides is 1. The number of sulfone groups is 1. The zero-order chi connectivity index (χ0) is 16.8. The molecule has 1 fully saturated rings. The molecule has 2 rings (SSSR count). The van der Waals surface area contributed by atoms with Crippen LogP contribution in [-0.2, 0) is 16.9 Å². The fourth-order valence-electron chi connectivity index (χ4n) is 2.72. The Morgan fingerprint density at radius 2 is 1.68 bits per heavy atom. The first-order chi connectivity index (χ1) is 10.1. The second-order valence-corrected chi connectivity index (χ2v) is 8.72. The fraction of sp³-hybridized carbons (Fsp3) is 0.643. The average molecular weight is 327 g/mol. The number of carbonyl (C=O) groups excluding carboxylic acids is 1. The van der Waals surface area contributed by atoms with Crippen LogP contribution in [0.15, 0.2) is 4.79 Å². The zero-order valence-electron chi connectivity index (χ0n) is 13.5. The molecule has 0 bridgehead atoms. The van der Waals surface area contributed by atoms with Gasteiger partial charge in [0.15, 0.2) is 9.84 Å². The Labute approximate surface area is 129 Å². The largest absolute Gasteiger partial charge is 0.336 e. The number of hydrogen-bond acceptors (Lipinski definition) is 5. The summed E-state index contributed by atoms with van der Waals surface area (Å²) >= 11 is 0. The summed E-state index contributed by atoms with van der Waals surface area (Å²) in [6.07, 6.45) is 0. The minimum Gasteiger partial charge on any atom is -0.336 e. The molecule has 22 heavy (non-hydrogen) atoms. The molecule has 122 valence electrons. The Kier molecular flexibility index (Phi) is 4.16. The summed E-state index contributed by atoms with van der Waals surface area (Å²) in [5, 5.41) is 2.79. The Morgan fingerprint density at radius 3 is 2.18 bits per heavy atom. The molecule has 1 aromatic rings. The Hall–Kier alpha value is -1.70. The number of nitrogens with zero attached hydrogens (tertiary/aromatic N) is 3. The lowest BCUT2D eigenvalue weighted by atomic mass is 10.1. The van der Waals surface area contributed by atoms with Gasteiger partial charge in [0.05, 0.1) is 16.2 Å². The van der Waals surface area contributed by atoms with Gasteiger partial charge >= 0.3 is 0 Å². The van der Waals surface area contributed by atoms with Gasteiger partial charge < -0.3 is 4.90 Å². The summed E-state index contributed by atoms with van der Waals surface area (Å²) in [4.78, 5) is 26.4. The summed E-state index contributed by atoms with van der Waals surface area (Å²) < 4.78 is 25.2. The van der Waals surface area contributed by atoms with Crippen LogP contribution in [-0.4, -0.2) is 52.6 Å². The number of rotatable bonds is 1. The van der Waals surface area contributed by atoms with Gasteiger partial charge in [0.2, 0.25) is 0 Å². The van der Waals surface area contributed by atoms with Gasteiger partial charge in [0.25, 0.3) is 11.5 Å². The van der Waals surface area contributed by atoms with Gasteiger partial charge in [0, 0.05) is 20.1 Å². The van der Waals surface area contributed by atoms with E-state index in [0.717, 1.165) is 4.68 Å². The maximum atomic E-state index is 12.7. The first-order valence-electron chi connectivity index (χ1n) is 7.13. The highest BCUT2D eigenvalue weighted by atomic mass is 32.2. The van der Waals surface area contributed by atoms with Crippen molar-refractivity contribution in [2.24, 2.45) is 7.05 Å². The molecular weight excluding hydrogens is 306 g/mol. The number of hydrogen-bond donors (Lipinski definition) is 0. The smallest absolute Gasteiger partial charge is 0.279 e. The van der Waals surface area contributed by atoms with Gasteiger partial charge in [-0.25, -0.2) is 13.1 Å². The average Bonchev–Trinajstić information content (AvgIpc) is 2.42. The van der Waals surface area contributed by atoms with Crippen LogP contribution in [0.2, 0.25) is 0 Å². The van der Waals surface area contributed by atoms with E-state index in [4.69, 9.17) is 0 Å². The van der Waals surface area contributed by atoms with Crippen LogP contribution in [0.1, 0.15) is 35.5 Å². The van der Waals surface area contributed by atoms with Crippen LogP contribution in [0.25, 0.3) is 0 Å². The van der Waals surface area contributed by atoms with Gasteiger partial charge in [-0.05, 0) is 33.3 Å².